The highest BCUT2D eigenvalue weighted by atomic mass is 14.1. The van der Waals surface area contributed by atoms with Crippen molar-refractivity contribution in [2.75, 3.05) is 0 Å². The summed E-state index contributed by atoms with van der Waals surface area (Å²) < 4.78 is 0. The first-order valence-corrected chi connectivity index (χ1v) is 5.17. The largest absolute Gasteiger partial charge is 0.0985 e. The van der Waals surface area contributed by atoms with Crippen LogP contribution in [0, 0.1) is 0 Å². The summed E-state index contributed by atoms with van der Waals surface area (Å²) in [6, 6.07) is 4.45. The quantitative estimate of drug-likeness (QED) is 0.664. The van der Waals surface area contributed by atoms with Gasteiger partial charge in [0, 0.05) is 0 Å². The minimum absolute atomic E-state index is 1.05. The highest BCUT2D eigenvalue weighted by molar-refractivity contribution is 5.61. The smallest absolute Gasteiger partial charge is 0.0227 e. The van der Waals surface area contributed by atoms with Crippen molar-refractivity contribution in [2.24, 2.45) is 0 Å². The summed E-state index contributed by atoms with van der Waals surface area (Å²) in [5.74, 6) is 0. The van der Waals surface area contributed by atoms with Gasteiger partial charge in [0.15, 0.2) is 0 Å². The molecule has 1 aromatic carbocycles. The lowest BCUT2D eigenvalue weighted by Gasteiger charge is -2.10. The molecule has 1 rings (SSSR count). The van der Waals surface area contributed by atoms with E-state index in [9.17, 15) is 0 Å². The van der Waals surface area contributed by atoms with Crippen LogP contribution in [-0.4, -0.2) is 0 Å². The van der Waals surface area contributed by atoms with Crippen molar-refractivity contribution < 1.29 is 0 Å². The molecule has 0 heteroatoms. The van der Waals surface area contributed by atoms with Crippen LogP contribution >= 0.6 is 0 Å². The minimum atomic E-state index is 1.05. The van der Waals surface area contributed by atoms with Gasteiger partial charge in [0.1, 0.15) is 0 Å². The maximum atomic E-state index is 3.84. The predicted molar refractivity (Wildman–Crippen MR) is 65.4 cm³/mol. The molecule has 0 saturated carbocycles. The Bertz CT molecular complexity index is 310. The molecule has 0 radical (unpaired) electrons. The van der Waals surface area contributed by atoms with E-state index in [1.807, 2.05) is 12.2 Å². The lowest BCUT2D eigenvalue weighted by molar-refractivity contribution is 1.09. The molecular formula is C14H18. The molecule has 0 aliphatic rings. The van der Waals surface area contributed by atoms with E-state index in [1.165, 1.54) is 22.3 Å². The van der Waals surface area contributed by atoms with Crippen LogP contribution in [0.3, 0.4) is 0 Å². The van der Waals surface area contributed by atoms with Crippen molar-refractivity contribution in [3.05, 3.63) is 47.5 Å². The van der Waals surface area contributed by atoms with Crippen molar-refractivity contribution in [1.29, 1.82) is 0 Å². The summed E-state index contributed by atoms with van der Waals surface area (Å²) in [5.41, 5.74) is 5.23. The third kappa shape index (κ3) is 1.95. The van der Waals surface area contributed by atoms with Crippen molar-refractivity contribution in [1.82, 2.24) is 0 Å². The molecule has 0 saturated heterocycles. The SMILES string of the molecule is C=Cc1cc(CC)c(C=C)cc1CC. The first-order valence-electron chi connectivity index (χ1n) is 5.17. The van der Waals surface area contributed by atoms with Gasteiger partial charge < -0.3 is 0 Å². The van der Waals surface area contributed by atoms with Gasteiger partial charge in [-0.15, -0.1) is 0 Å². The Morgan fingerprint density at radius 3 is 1.50 bits per heavy atom. The summed E-state index contributed by atoms with van der Waals surface area (Å²) in [6.07, 6.45) is 5.97. The molecule has 0 aliphatic heterocycles. The fraction of sp³-hybridized carbons (Fsp3) is 0.286. The van der Waals surface area contributed by atoms with Gasteiger partial charge in [0.25, 0.3) is 0 Å². The van der Waals surface area contributed by atoms with E-state index in [0.717, 1.165) is 12.8 Å². The second kappa shape index (κ2) is 4.80. The minimum Gasteiger partial charge on any atom is -0.0985 e. The van der Waals surface area contributed by atoms with Crippen molar-refractivity contribution >= 4 is 12.2 Å². The van der Waals surface area contributed by atoms with Gasteiger partial charge in [0.2, 0.25) is 0 Å². The zero-order valence-corrected chi connectivity index (χ0v) is 9.14. The van der Waals surface area contributed by atoms with Crippen molar-refractivity contribution in [3.8, 4) is 0 Å². The Labute approximate surface area is 87.0 Å². The average Bonchev–Trinajstić information content (AvgIpc) is 2.26. The van der Waals surface area contributed by atoms with Crippen LogP contribution in [0.25, 0.3) is 12.2 Å². The summed E-state index contributed by atoms with van der Waals surface area (Å²) in [7, 11) is 0. The lowest BCUT2D eigenvalue weighted by Crippen LogP contribution is -1.93. The molecule has 0 nitrogen and oxygen atoms in total. The molecule has 0 amide bonds. The van der Waals surface area contributed by atoms with Gasteiger partial charge in [-0.2, -0.15) is 0 Å². The van der Waals surface area contributed by atoms with Crippen molar-refractivity contribution in [2.45, 2.75) is 26.7 Å². The third-order valence-electron chi connectivity index (χ3n) is 2.60. The number of rotatable bonds is 4. The van der Waals surface area contributed by atoms with Gasteiger partial charge in [0.05, 0.1) is 0 Å². The van der Waals surface area contributed by atoms with Crippen LogP contribution in [0.4, 0.5) is 0 Å². The van der Waals surface area contributed by atoms with E-state index in [2.05, 4.69) is 39.1 Å². The van der Waals surface area contributed by atoms with E-state index in [4.69, 9.17) is 0 Å². The van der Waals surface area contributed by atoms with Crippen LogP contribution in [0.2, 0.25) is 0 Å². The van der Waals surface area contributed by atoms with E-state index >= 15 is 0 Å². The van der Waals surface area contributed by atoms with Crippen LogP contribution in [0.15, 0.2) is 25.3 Å². The van der Waals surface area contributed by atoms with Crippen LogP contribution in [0.5, 0.6) is 0 Å². The fourth-order valence-electron chi connectivity index (χ4n) is 1.72. The fourth-order valence-corrected chi connectivity index (χ4v) is 1.72. The summed E-state index contributed by atoms with van der Waals surface area (Å²) >= 11 is 0. The molecule has 0 bridgehead atoms. The predicted octanol–water partition coefficient (Wildman–Crippen LogP) is 4.10. The Hall–Kier alpha value is -1.30. The maximum Gasteiger partial charge on any atom is -0.0227 e. The number of hydrogen-bond acceptors (Lipinski definition) is 0. The van der Waals surface area contributed by atoms with Crippen LogP contribution in [-0.2, 0) is 12.8 Å². The molecule has 0 spiro atoms. The molecular weight excluding hydrogens is 168 g/mol. The second-order valence-electron chi connectivity index (χ2n) is 3.37. The van der Waals surface area contributed by atoms with Gasteiger partial charge in [-0.3, -0.25) is 0 Å². The molecule has 0 aromatic heterocycles. The normalized spacial score (nSPS) is 9.86. The number of benzene rings is 1. The molecule has 0 aliphatic carbocycles. The van der Waals surface area contributed by atoms with E-state index in [0.29, 0.717) is 0 Å². The van der Waals surface area contributed by atoms with Crippen molar-refractivity contribution in [3.63, 3.8) is 0 Å². The average molecular weight is 186 g/mol. The Kier molecular flexibility index (Phi) is 3.70. The zero-order valence-electron chi connectivity index (χ0n) is 9.14. The molecule has 0 heterocycles. The Morgan fingerprint density at radius 1 is 0.929 bits per heavy atom. The first kappa shape index (κ1) is 10.8. The third-order valence-corrected chi connectivity index (χ3v) is 2.60. The van der Waals surface area contributed by atoms with E-state index in [1.54, 1.807) is 0 Å². The molecule has 74 valence electrons. The van der Waals surface area contributed by atoms with Gasteiger partial charge in [-0.05, 0) is 35.1 Å². The number of hydrogen-bond donors (Lipinski definition) is 0. The Balaban J connectivity index is 3.34. The van der Waals surface area contributed by atoms with Crippen LogP contribution < -0.4 is 0 Å². The molecule has 1 aromatic rings. The van der Waals surface area contributed by atoms with Gasteiger partial charge in [-0.1, -0.05) is 51.3 Å². The Morgan fingerprint density at radius 2 is 1.29 bits per heavy atom. The topological polar surface area (TPSA) is 0 Å². The van der Waals surface area contributed by atoms with Gasteiger partial charge in [-0.25, -0.2) is 0 Å². The lowest BCUT2D eigenvalue weighted by atomic mass is 9.95. The molecule has 0 unspecified atom stereocenters. The van der Waals surface area contributed by atoms with E-state index in [-0.39, 0.29) is 0 Å². The monoisotopic (exact) mass is 186 g/mol. The van der Waals surface area contributed by atoms with Gasteiger partial charge >= 0.3 is 0 Å². The summed E-state index contributed by atoms with van der Waals surface area (Å²) in [4.78, 5) is 0. The summed E-state index contributed by atoms with van der Waals surface area (Å²) in [6.45, 7) is 12.0. The van der Waals surface area contributed by atoms with Crippen LogP contribution in [0.1, 0.15) is 36.1 Å². The van der Waals surface area contributed by atoms with E-state index < -0.39 is 0 Å². The molecule has 14 heavy (non-hydrogen) atoms. The standard InChI is InChI=1S/C14H18/c1-5-11-9-13(7-3)14(8-4)10-12(11)6-2/h5,8-10H,1,4,6-7H2,2-3H3. The number of aryl methyl sites for hydroxylation is 2. The summed E-state index contributed by atoms with van der Waals surface area (Å²) in [5, 5.41) is 0. The molecule has 0 atom stereocenters. The highest BCUT2D eigenvalue weighted by Crippen LogP contribution is 2.20. The zero-order chi connectivity index (χ0) is 10.6. The first-order chi connectivity index (χ1) is 6.76. The highest BCUT2D eigenvalue weighted by Gasteiger charge is 2.03. The molecule has 0 N–H and O–H groups in total. The second-order valence-corrected chi connectivity index (χ2v) is 3.37. The maximum absolute atomic E-state index is 3.84. The molecule has 0 fully saturated rings.